The minimum atomic E-state index is -3.72. The van der Waals surface area contributed by atoms with E-state index in [1.807, 2.05) is 13.8 Å². The summed E-state index contributed by atoms with van der Waals surface area (Å²) >= 11 is 0. The van der Waals surface area contributed by atoms with E-state index in [1.54, 1.807) is 24.3 Å². The lowest BCUT2D eigenvalue weighted by molar-refractivity contribution is -0.136. The Hall–Kier alpha value is -2.25. The molecule has 1 aliphatic heterocycles. The molecule has 1 aliphatic rings. The summed E-state index contributed by atoms with van der Waals surface area (Å²) in [5.74, 6) is -1.38. The lowest BCUT2D eigenvalue weighted by atomic mass is 10.1. The molecule has 1 unspecified atom stereocenters. The molecule has 1 fully saturated rings. The fourth-order valence-electron chi connectivity index (χ4n) is 3.00. The van der Waals surface area contributed by atoms with E-state index in [-0.39, 0.29) is 17.3 Å². The molecule has 0 bridgehead atoms. The first-order valence-electron chi connectivity index (χ1n) is 8.71. The number of aryl methyl sites for hydroxylation is 2. The highest BCUT2D eigenvalue weighted by Crippen LogP contribution is 2.23. The van der Waals surface area contributed by atoms with Gasteiger partial charge in [0.2, 0.25) is 5.91 Å². The Labute approximate surface area is 158 Å². The second-order valence-electron chi connectivity index (χ2n) is 6.76. The lowest BCUT2D eigenvalue weighted by Gasteiger charge is -2.33. The van der Waals surface area contributed by atoms with Crippen LogP contribution < -0.4 is 0 Å². The van der Waals surface area contributed by atoms with Gasteiger partial charge in [-0.25, -0.2) is 12.8 Å². The first-order chi connectivity index (χ1) is 12.8. The van der Waals surface area contributed by atoms with E-state index in [9.17, 15) is 17.6 Å². The summed E-state index contributed by atoms with van der Waals surface area (Å²) < 4.78 is 44.0. The van der Waals surface area contributed by atoms with E-state index >= 15 is 0 Å². The van der Waals surface area contributed by atoms with Crippen LogP contribution in [0.15, 0.2) is 47.4 Å². The fourth-order valence-corrected chi connectivity index (χ4v) is 4.31. The van der Waals surface area contributed by atoms with Crippen LogP contribution in [0.5, 0.6) is 0 Å². The predicted molar refractivity (Wildman–Crippen MR) is 99.6 cm³/mol. The number of hydrogen-bond acceptors (Lipinski definition) is 4. The molecule has 1 amide bonds. The maximum absolute atomic E-state index is 13.1. The molecular weight excluding hydrogens is 369 g/mol. The minimum Gasteiger partial charge on any atom is -0.370 e. The van der Waals surface area contributed by atoms with Gasteiger partial charge < -0.3 is 9.64 Å². The number of nitrogens with zero attached hydrogens (tertiary/aromatic N) is 1. The molecule has 7 heteroatoms. The van der Waals surface area contributed by atoms with Gasteiger partial charge in [-0.15, -0.1) is 0 Å². The highest BCUT2D eigenvalue weighted by molar-refractivity contribution is 7.92. The molecule has 0 spiro atoms. The number of benzene rings is 2. The second-order valence-corrected chi connectivity index (χ2v) is 8.75. The van der Waals surface area contributed by atoms with Crippen molar-refractivity contribution >= 4 is 15.7 Å². The van der Waals surface area contributed by atoms with Crippen molar-refractivity contribution in [2.45, 2.75) is 24.8 Å². The number of morpholine rings is 1. The van der Waals surface area contributed by atoms with Gasteiger partial charge in [-0.2, -0.15) is 0 Å². The Morgan fingerprint density at radius 3 is 2.52 bits per heavy atom. The average Bonchev–Trinajstić information content (AvgIpc) is 2.64. The summed E-state index contributed by atoms with van der Waals surface area (Å²) in [4.78, 5) is 14.3. The van der Waals surface area contributed by atoms with Crippen molar-refractivity contribution < 1.29 is 22.3 Å². The molecule has 5 nitrogen and oxygen atoms in total. The maximum Gasteiger partial charge on any atom is 0.238 e. The van der Waals surface area contributed by atoms with Gasteiger partial charge in [0.15, 0.2) is 9.84 Å². The van der Waals surface area contributed by atoms with Crippen LogP contribution in [0.4, 0.5) is 4.39 Å². The Bertz CT molecular complexity index is 941. The largest absolute Gasteiger partial charge is 0.370 e. The van der Waals surface area contributed by atoms with Crippen LogP contribution in [0, 0.1) is 19.7 Å². The summed E-state index contributed by atoms with van der Waals surface area (Å²) in [5, 5.41) is 0. The molecule has 2 aromatic rings. The van der Waals surface area contributed by atoms with Gasteiger partial charge in [0.25, 0.3) is 0 Å². The van der Waals surface area contributed by atoms with Crippen molar-refractivity contribution in [3.63, 3.8) is 0 Å². The minimum absolute atomic E-state index is 0.155. The summed E-state index contributed by atoms with van der Waals surface area (Å²) in [6.45, 7) is 4.62. The number of halogens is 1. The molecule has 1 atom stereocenters. The number of amides is 1. The van der Waals surface area contributed by atoms with E-state index in [4.69, 9.17) is 4.74 Å². The summed E-state index contributed by atoms with van der Waals surface area (Å²) in [6, 6.07) is 10.8. The van der Waals surface area contributed by atoms with Crippen molar-refractivity contribution in [2.24, 2.45) is 0 Å². The van der Waals surface area contributed by atoms with Crippen LogP contribution in [0.2, 0.25) is 0 Å². The van der Waals surface area contributed by atoms with E-state index in [0.29, 0.717) is 13.2 Å². The van der Waals surface area contributed by atoms with Gasteiger partial charge in [-0.3, -0.25) is 4.79 Å². The molecule has 0 radical (unpaired) electrons. The smallest absolute Gasteiger partial charge is 0.238 e. The zero-order valence-corrected chi connectivity index (χ0v) is 16.1. The van der Waals surface area contributed by atoms with Crippen LogP contribution in [0.3, 0.4) is 0 Å². The topological polar surface area (TPSA) is 63.7 Å². The third kappa shape index (κ3) is 4.54. The highest BCUT2D eigenvalue weighted by atomic mass is 32.2. The number of carbonyl (C=O) groups is 1. The molecule has 3 rings (SSSR count). The normalized spacial score (nSPS) is 17.7. The highest BCUT2D eigenvalue weighted by Gasteiger charge is 2.29. The van der Waals surface area contributed by atoms with E-state index in [1.165, 1.54) is 23.1 Å². The molecule has 0 aliphatic carbocycles. The summed E-state index contributed by atoms with van der Waals surface area (Å²) in [5.41, 5.74) is 2.62. The van der Waals surface area contributed by atoms with Crippen LogP contribution in [-0.2, 0) is 19.4 Å². The zero-order valence-electron chi connectivity index (χ0n) is 15.3. The van der Waals surface area contributed by atoms with Crippen molar-refractivity contribution in [3.05, 3.63) is 65.0 Å². The summed E-state index contributed by atoms with van der Waals surface area (Å²) in [7, 11) is -3.72. The van der Waals surface area contributed by atoms with Gasteiger partial charge >= 0.3 is 0 Å². The molecule has 0 saturated carbocycles. The Kier molecular flexibility index (Phi) is 5.62. The second kappa shape index (κ2) is 7.78. The van der Waals surface area contributed by atoms with Crippen LogP contribution in [-0.4, -0.2) is 44.7 Å². The van der Waals surface area contributed by atoms with E-state index in [0.717, 1.165) is 16.7 Å². The average molecular weight is 391 g/mol. The lowest BCUT2D eigenvalue weighted by Crippen LogP contribution is -2.44. The third-order valence-electron chi connectivity index (χ3n) is 4.81. The van der Waals surface area contributed by atoms with Crippen molar-refractivity contribution in [1.82, 2.24) is 4.90 Å². The SMILES string of the molecule is Cc1ccc(S(=O)(=O)CC(=O)N2CCOC(c3ccc(F)cc3)C2)cc1C. The van der Waals surface area contributed by atoms with Crippen molar-refractivity contribution in [2.75, 3.05) is 25.4 Å². The number of carbonyl (C=O) groups excluding carboxylic acids is 1. The number of ether oxygens (including phenoxy) is 1. The number of hydrogen-bond donors (Lipinski definition) is 0. The van der Waals surface area contributed by atoms with Crippen LogP contribution in [0.1, 0.15) is 22.8 Å². The molecule has 2 aromatic carbocycles. The quantitative estimate of drug-likeness (QED) is 0.804. The van der Waals surface area contributed by atoms with Gasteiger partial charge in [0, 0.05) is 6.54 Å². The number of sulfone groups is 1. The number of rotatable bonds is 4. The standard InChI is InChI=1S/C20H22FNO4S/c1-14-3-8-18(11-15(14)2)27(24,25)13-20(23)22-9-10-26-19(12-22)16-4-6-17(21)7-5-16/h3-8,11,19H,9-10,12-13H2,1-2H3. The van der Waals surface area contributed by atoms with Gasteiger partial charge in [-0.1, -0.05) is 18.2 Å². The molecule has 27 heavy (non-hydrogen) atoms. The molecule has 1 saturated heterocycles. The summed E-state index contributed by atoms with van der Waals surface area (Å²) in [6.07, 6.45) is -0.396. The zero-order chi connectivity index (χ0) is 19.6. The Morgan fingerprint density at radius 1 is 1.15 bits per heavy atom. The Balaban J connectivity index is 1.71. The van der Waals surface area contributed by atoms with Crippen LogP contribution in [0.25, 0.3) is 0 Å². The predicted octanol–water partition coefficient (Wildman–Crippen LogP) is 2.82. The fraction of sp³-hybridized carbons (Fsp3) is 0.350. The maximum atomic E-state index is 13.1. The molecule has 1 heterocycles. The molecule has 144 valence electrons. The van der Waals surface area contributed by atoms with Gasteiger partial charge in [0.05, 0.1) is 18.0 Å². The Morgan fingerprint density at radius 2 is 1.85 bits per heavy atom. The molecule has 0 N–H and O–H groups in total. The van der Waals surface area contributed by atoms with E-state index < -0.39 is 27.6 Å². The first-order valence-corrected chi connectivity index (χ1v) is 10.4. The molecule has 0 aromatic heterocycles. The monoisotopic (exact) mass is 391 g/mol. The van der Waals surface area contributed by atoms with Gasteiger partial charge in [-0.05, 0) is 54.8 Å². The van der Waals surface area contributed by atoms with Crippen LogP contribution >= 0.6 is 0 Å². The van der Waals surface area contributed by atoms with Gasteiger partial charge in [0.1, 0.15) is 17.7 Å². The van der Waals surface area contributed by atoms with E-state index in [2.05, 4.69) is 0 Å². The van der Waals surface area contributed by atoms with Crippen molar-refractivity contribution in [1.29, 1.82) is 0 Å². The molecular formula is C20H22FNO4S. The van der Waals surface area contributed by atoms with Crippen molar-refractivity contribution in [3.8, 4) is 0 Å². The first kappa shape index (κ1) is 19.5. The third-order valence-corrected chi connectivity index (χ3v) is 6.41.